The van der Waals surface area contributed by atoms with Crippen LogP contribution in [0.4, 0.5) is 0 Å². The molecule has 0 atom stereocenters. The average Bonchev–Trinajstić information content (AvgIpc) is 2.80. The fourth-order valence-electron chi connectivity index (χ4n) is 4.43. The van der Waals surface area contributed by atoms with E-state index in [4.69, 9.17) is 8.85 Å². The standard InChI is InChI=1S/C32H44O2Si2/c1-26(24-27-20-22-28(23-21-27)34-35(8,9)31(2,3)4)25-33-36(32(5,6)7,29-16-12-10-13-17-29)30-18-14-11-15-19-30/h10-23H,1,24-25H2,2-9H3. The smallest absolute Gasteiger partial charge is 0.261 e. The van der Waals surface area contributed by atoms with Gasteiger partial charge in [-0.15, -0.1) is 0 Å². The third-order valence-electron chi connectivity index (χ3n) is 7.47. The Kier molecular flexibility index (Phi) is 8.54. The summed E-state index contributed by atoms with van der Waals surface area (Å²) in [6.45, 7) is 23.2. The van der Waals surface area contributed by atoms with Crippen LogP contribution in [0.5, 0.6) is 5.75 Å². The molecule has 3 rings (SSSR count). The molecular formula is C32H44O2Si2. The molecule has 0 fully saturated rings. The van der Waals surface area contributed by atoms with Crippen LogP contribution in [-0.4, -0.2) is 23.2 Å². The molecule has 0 amide bonds. The number of hydrogen-bond donors (Lipinski definition) is 0. The second-order valence-corrected chi connectivity index (χ2v) is 21.4. The van der Waals surface area contributed by atoms with Crippen molar-refractivity contribution in [1.82, 2.24) is 0 Å². The molecule has 4 heteroatoms. The lowest BCUT2D eigenvalue weighted by molar-refractivity contribution is 0.327. The molecule has 3 aromatic rings. The van der Waals surface area contributed by atoms with Gasteiger partial charge in [0.05, 0.1) is 6.61 Å². The van der Waals surface area contributed by atoms with Crippen molar-refractivity contribution in [3.63, 3.8) is 0 Å². The van der Waals surface area contributed by atoms with Gasteiger partial charge in [0.25, 0.3) is 8.32 Å². The van der Waals surface area contributed by atoms with Crippen LogP contribution in [0.1, 0.15) is 47.1 Å². The minimum atomic E-state index is -2.56. The van der Waals surface area contributed by atoms with Gasteiger partial charge in [-0.3, -0.25) is 0 Å². The molecule has 0 aliphatic rings. The van der Waals surface area contributed by atoms with Gasteiger partial charge in [0, 0.05) is 0 Å². The Morgan fingerprint density at radius 1 is 0.694 bits per heavy atom. The summed E-state index contributed by atoms with van der Waals surface area (Å²) in [6.07, 6.45) is 0.790. The normalized spacial score (nSPS) is 12.9. The molecule has 3 aromatic carbocycles. The van der Waals surface area contributed by atoms with Crippen LogP contribution in [-0.2, 0) is 10.8 Å². The van der Waals surface area contributed by atoms with Crippen molar-refractivity contribution >= 4 is 27.0 Å². The Bertz CT molecular complexity index is 1080. The summed E-state index contributed by atoms with van der Waals surface area (Å²) >= 11 is 0. The Morgan fingerprint density at radius 2 is 1.17 bits per heavy atom. The summed E-state index contributed by atoms with van der Waals surface area (Å²) in [5.41, 5.74) is 2.31. The molecule has 0 radical (unpaired) electrons. The molecule has 0 N–H and O–H groups in total. The van der Waals surface area contributed by atoms with Gasteiger partial charge in [0.1, 0.15) is 5.75 Å². The van der Waals surface area contributed by atoms with E-state index in [0.29, 0.717) is 6.61 Å². The maximum atomic E-state index is 7.05. The van der Waals surface area contributed by atoms with Crippen LogP contribution in [0.15, 0.2) is 97.1 Å². The van der Waals surface area contributed by atoms with Crippen molar-refractivity contribution in [2.75, 3.05) is 6.61 Å². The van der Waals surface area contributed by atoms with Crippen LogP contribution in [0.25, 0.3) is 0 Å². The first-order chi connectivity index (χ1) is 16.8. The van der Waals surface area contributed by atoms with Gasteiger partial charge in [-0.25, -0.2) is 0 Å². The van der Waals surface area contributed by atoms with Crippen molar-refractivity contribution in [2.45, 2.75) is 71.1 Å². The van der Waals surface area contributed by atoms with Crippen LogP contribution in [0, 0.1) is 0 Å². The largest absolute Gasteiger partial charge is 0.544 e. The zero-order valence-corrected chi connectivity index (χ0v) is 25.5. The van der Waals surface area contributed by atoms with Crippen molar-refractivity contribution in [3.05, 3.63) is 103 Å². The number of rotatable bonds is 9. The zero-order valence-electron chi connectivity index (χ0n) is 23.5. The minimum absolute atomic E-state index is 0.0429. The molecule has 192 valence electrons. The first-order valence-electron chi connectivity index (χ1n) is 13.0. The Hall–Kier alpha value is -2.41. The third kappa shape index (κ3) is 6.28. The molecule has 2 nitrogen and oxygen atoms in total. The number of benzene rings is 3. The highest BCUT2D eigenvalue weighted by atomic mass is 28.4. The highest BCUT2D eigenvalue weighted by Gasteiger charge is 2.50. The lowest BCUT2D eigenvalue weighted by Gasteiger charge is -2.43. The Balaban J connectivity index is 1.79. The van der Waals surface area contributed by atoms with Gasteiger partial charge in [0.15, 0.2) is 0 Å². The van der Waals surface area contributed by atoms with E-state index < -0.39 is 16.6 Å². The van der Waals surface area contributed by atoms with E-state index in [0.717, 1.165) is 17.7 Å². The Morgan fingerprint density at radius 3 is 1.58 bits per heavy atom. The molecule has 0 aliphatic heterocycles. The predicted octanol–water partition coefficient (Wildman–Crippen LogP) is 7.75. The summed E-state index contributed by atoms with van der Waals surface area (Å²) in [6, 6.07) is 30.1. The van der Waals surface area contributed by atoms with Crippen molar-refractivity contribution in [2.24, 2.45) is 0 Å². The van der Waals surface area contributed by atoms with Gasteiger partial charge in [-0.2, -0.15) is 0 Å². The monoisotopic (exact) mass is 516 g/mol. The van der Waals surface area contributed by atoms with Crippen LogP contribution in [0.2, 0.25) is 23.2 Å². The van der Waals surface area contributed by atoms with Crippen molar-refractivity contribution in [1.29, 1.82) is 0 Å². The highest BCUT2D eigenvalue weighted by Crippen LogP contribution is 2.38. The predicted molar refractivity (Wildman–Crippen MR) is 161 cm³/mol. The maximum absolute atomic E-state index is 7.05. The average molecular weight is 517 g/mol. The maximum Gasteiger partial charge on any atom is 0.261 e. The molecule has 0 aliphatic carbocycles. The molecular weight excluding hydrogens is 473 g/mol. The molecule has 0 spiro atoms. The quantitative estimate of drug-likeness (QED) is 0.214. The fraction of sp³-hybridized carbons (Fsp3) is 0.375. The SMILES string of the molecule is C=C(CO[Si](c1ccccc1)(c1ccccc1)C(C)(C)C)Cc1ccc(O[Si](C)(C)C(C)(C)C)cc1. The van der Waals surface area contributed by atoms with E-state index in [-0.39, 0.29) is 10.1 Å². The highest BCUT2D eigenvalue weighted by molar-refractivity contribution is 6.99. The van der Waals surface area contributed by atoms with Gasteiger partial charge in [0.2, 0.25) is 8.32 Å². The summed E-state index contributed by atoms with van der Waals surface area (Å²) < 4.78 is 13.5. The topological polar surface area (TPSA) is 18.5 Å². The van der Waals surface area contributed by atoms with Crippen molar-refractivity contribution < 1.29 is 8.85 Å². The molecule has 0 bridgehead atoms. The van der Waals surface area contributed by atoms with Gasteiger partial charge in [-0.1, -0.05) is 121 Å². The second kappa shape index (κ2) is 10.9. The lowest BCUT2D eigenvalue weighted by Crippen LogP contribution is -2.66. The van der Waals surface area contributed by atoms with Gasteiger partial charge < -0.3 is 8.85 Å². The summed E-state index contributed by atoms with van der Waals surface area (Å²) in [5.74, 6) is 0.958. The molecule has 0 aromatic heterocycles. The van der Waals surface area contributed by atoms with E-state index in [1.807, 2.05) is 0 Å². The lowest BCUT2D eigenvalue weighted by atomic mass is 10.1. The van der Waals surface area contributed by atoms with E-state index >= 15 is 0 Å². The van der Waals surface area contributed by atoms with Crippen LogP contribution in [0.3, 0.4) is 0 Å². The molecule has 36 heavy (non-hydrogen) atoms. The Labute approximate surface area is 221 Å². The van der Waals surface area contributed by atoms with Crippen LogP contribution >= 0.6 is 0 Å². The minimum Gasteiger partial charge on any atom is -0.544 e. The first-order valence-corrected chi connectivity index (χ1v) is 17.8. The second-order valence-electron chi connectivity index (χ2n) is 12.4. The summed E-state index contributed by atoms with van der Waals surface area (Å²) in [5, 5.41) is 2.73. The number of hydrogen-bond acceptors (Lipinski definition) is 2. The third-order valence-corrected chi connectivity index (χ3v) is 16.8. The molecule has 0 saturated heterocycles. The fourth-order valence-corrected chi connectivity index (χ4v) is 10.0. The van der Waals surface area contributed by atoms with Crippen LogP contribution < -0.4 is 14.8 Å². The van der Waals surface area contributed by atoms with E-state index in [1.165, 1.54) is 15.9 Å². The zero-order chi connectivity index (χ0) is 26.6. The van der Waals surface area contributed by atoms with E-state index in [9.17, 15) is 0 Å². The summed E-state index contributed by atoms with van der Waals surface area (Å²) in [4.78, 5) is 0. The molecule has 0 saturated carbocycles. The first kappa shape index (κ1) is 28.2. The van der Waals surface area contributed by atoms with Gasteiger partial charge >= 0.3 is 0 Å². The van der Waals surface area contributed by atoms with Crippen molar-refractivity contribution in [3.8, 4) is 5.75 Å². The van der Waals surface area contributed by atoms with E-state index in [2.05, 4.69) is 146 Å². The summed E-state index contributed by atoms with van der Waals surface area (Å²) in [7, 11) is -4.40. The van der Waals surface area contributed by atoms with Gasteiger partial charge in [-0.05, 0) is 63.2 Å². The molecule has 0 unspecified atom stereocenters. The van der Waals surface area contributed by atoms with E-state index in [1.54, 1.807) is 0 Å². The molecule has 0 heterocycles.